The Labute approximate surface area is 138 Å². The van der Waals surface area contributed by atoms with Crippen LogP contribution in [0.25, 0.3) is 22.4 Å². The molecular formula is C17H14N4OS. The van der Waals surface area contributed by atoms with Crippen molar-refractivity contribution >= 4 is 17.4 Å². The fraction of sp³-hybridized carbons (Fsp3) is 0.118. The van der Waals surface area contributed by atoms with Gasteiger partial charge in [-0.1, -0.05) is 0 Å². The Hall–Kier alpha value is -2.91. The van der Waals surface area contributed by atoms with Gasteiger partial charge in [-0.15, -0.1) is 0 Å². The van der Waals surface area contributed by atoms with E-state index in [1.165, 1.54) is 11.5 Å². The topological polar surface area (TPSA) is 84.8 Å². The third-order valence-electron chi connectivity index (χ3n) is 3.36. The molecule has 0 aliphatic carbocycles. The fourth-order valence-corrected chi connectivity index (χ4v) is 2.82. The number of nitrogens with two attached hydrogens (primary N) is 1. The van der Waals surface area contributed by atoms with Crippen molar-refractivity contribution in [3.05, 3.63) is 47.5 Å². The van der Waals surface area contributed by atoms with Gasteiger partial charge in [-0.3, -0.25) is 0 Å². The van der Waals surface area contributed by atoms with Crippen molar-refractivity contribution in [1.82, 2.24) is 9.36 Å². The van der Waals surface area contributed by atoms with Crippen LogP contribution >= 0.6 is 11.5 Å². The molecule has 114 valence electrons. The average molecular weight is 322 g/mol. The molecule has 0 aliphatic heterocycles. The van der Waals surface area contributed by atoms with Crippen molar-refractivity contribution in [2.75, 3.05) is 12.3 Å². The standard InChI is InChI=1S/C17H14N4OS/c1-2-22-13-5-3-11(4-6-13)16-7-14(12-9-20-23-10-12)15(8-18)17(19)21-16/h3-7,9-10H,2H2,1H3,(H2,19,21). The van der Waals surface area contributed by atoms with Crippen LogP contribution in [0.4, 0.5) is 5.82 Å². The first-order valence-corrected chi connectivity index (χ1v) is 7.90. The van der Waals surface area contributed by atoms with Crippen molar-refractivity contribution in [3.8, 4) is 34.2 Å². The van der Waals surface area contributed by atoms with Gasteiger partial charge in [0.2, 0.25) is 0 Å². The van der Waals surface area contributed by atoms with Crippen LogP contribution in [0.3, 0.4) is 0 Å². The van der Waals surface area contributed by atoms with Crippen molar-refractivity contribution in [1.29, 1.82) is 5.26 Å². The first-order chi connectivity index (χ1) is 11.2. The Bertz CT molecular complexity index is 852. The molecule has 2 N–H and O–H groups in total. The quantitative estimate of drug-likeness (QED) is 0.791. The smallest absolute Gasteiger partial charge is 0.142 e. The highest BCUT2D eigenvalue weighted by Gasteiger charge is 2.14. The summed E-state index contributed by atoms with van der Waals surface area (Å²) in [6.45, 7) is 2.56. The summed E-state index contributed by atoms with van der Waals surface area (Å²) >= 11 is 1.33. The van der Waals surface area contributed by atoms with Crippen molar-refractivity contribution < 1.29 is 4.74 Å². The van der Waals surface area contributed by atoms with Crippen LogP contribution in [-0.2, 0) is 0 Å². The molecule has 0 spiro atoms. The predicted molar refractivity (Wildman–Crippen MR) is 91.1 cm³/mol. The number of hydrogen-bond acceptors (Lipinski definition) is 6. The molecule has 0 unspecified atom stereocenters. The number of ether oxygens (including phenoxy) is 1. The maximum Gasteiger partial charge on any atom is 0.142 e. The van der Waals surface area contributed by atoms with Crippen molar-refractivity contribution in [2.24, 2.45) is 0 Å². The summed E-state index contributed by atoms with van der Waals surface area (Å²) < 4.78 is 9.54. The summed E-state index contributed by atoms with van der Waals surface area (Å²) in [5.74, 6) is 1.03. The minimum absolute atomic E-state index is 0.222. The Balaban J connectivity index is 2.09. The zero-order valence-electron chi connectivity index (χ0n) is 12.5. The summed E-state index contributed by atoms with van der Waals surface area (Å²) in [6, 6.07) is 11.6. The van der Waals surface area contributed by atoms with Gasteiger partial charge in [0.1, 0.15) is 23.2 Å². The molecule has 3 rings (SSSR count). The Kier molecular flexibility index (Phi) is 4.22. The maximum atomic E-state index is 9.35. The largest absolute Gasteiger partial charge is 0.494 e. The van der Waals surface area contributed by atoms with Gasteiger partial charge in [0.25, 0.3) is 0 Å². The van der Waals surface area contributed by atoms with Crippen LogP contribution in [0.1, 0.15) is 12.5 Å². The lowest BCUT2D eigenvalue weighted by molar-refractivity contribution is 0.340. The summed E-state index contributed by atoms with van der Waals surface area (Å²) in [7, 11) is 0. The molecule has 2 heterocycles. The minimum Gasteiger partial charge on any atom is -0.494 e. The molecule has 0 amide bonds. The molecule has 0 aliphatic rings. The third-order valence-corrected chi connectivity index (χ3v) is 3.95. The fourth-order valence-electron chi connectivity index (χ4n) is 2.28. The van der Waals surface area contributed by atoms with E-state index < -0.39 is 0 Å². The molecule has 0 saturated heterocycles. The second-order valence-corrected chi connectivity index (χ2v) is 5.45. The Morgan fingerprint density at radius 3 is 2.65 bits per heavy atom. The third kappa shape index (κ3) is 3.00. The van der Waals surface area contributed by atoms with E-state index in [4.69, 9.17) is 10.5 Å². The van der Waals surface area contributed by atoms with Gasteiger partial charge in [0.05, 0.1) is 12.3 Å². The van der Waals surface area contributed by atoms with Gasteiger partial charge in [-0.2, -0.15) is 5.26 Å². The van der Waals surface area contributed by atoms with E-state index >= 15 is 0 Å². The second kappa shape index (κ2) is 6.46. The van der Waals surface area contributed by atoms with Gasteiger partial charge in [-0.25, -0.2) is 9.36 Å². The number of rotatable bonds is 4. The lowest BCUT2D eigenvalue weighted by Gasteiger charge is -2.09. The van der Waals surface area contributed by atoms with Crippen LogP contribution in [-0.4, -0.2) is 16.0 Å². The van der Waals surface area contributed by atoms with E-state index in [1.54, 1.807) is 6.20 Å². The highest BCUT2D eigenvalue weighted by Crippen LogP contribution is 2.32. The van der Waals surface area contributed by atoms with Crippen molar-refractivity contribution in [3.63, 3.8) is 0 Å². The molecule has 1 aromatic carbocycles. The van der Waals surface area contributed by atoms with Gasteiger partial charge in [-0.05, 0) is 48.8 Å². The highest BCUT2D eigenvalue weighted by atomic mass is 32.1. The molecule has 6 heteroatoms. The first-order valence-electron chi connectivity index (χ1n) is 7.06. The predicted octanol–water partition coefficient (Wildman–Crippen LogP) is 3.72. The minimum atomic E-state index is 0.222. The van der Waals surface area contributed by atoms with E-state index in [2.05, 4.69) is 15.4 Å². The van der Waals surface area contributed by atoms with E-state index in [9.17, 15) is 5.26 Å². The maximum absolute atomic E-state index is 9.35. The number of nitriles is 1. The SMILES string of the molecule is CCOc1ccc(-c2cc(-c3cnsc3)c(C#N)c(N)n2)cc1. The molecule has 0 radical (unpaired) electrons. The van der Waals surface area contributed by atoms with E-state index in [0.29, 0.717) is 17.9 Å². The first kappa shape index (κ1) is 15.0. The monoisotopic (exact) mass is 322 g/mol. The highest BCUT2D eigenvalue weighted by molar-refractivity contribution is 7.03. The lowest BCUT2D eigenvalue weighted by atomic mass is 10.0. The van der Waals surface area contributed by atoms with E-state index in [-0.39, 0.29) is 5.82 Å². The van der Waals surface area contributed by atoms with Gasteiger partial charge < -0.3 is 10.5 Å². The average Bonchev–Trinajstić information content (AvgIpc) is 3.09. The molecular weight excluding hydrogens is 308 g/mol. The van der Waals surface area contributed by atoms with E-state index in [0.717, 1.165) is 22.4 Å². The molecule has 2 aromatic heterocycles. The molecule has 5 nitrogen and oxygen atoms in total. The van der Waals surface area contributed by atoms with E-state index in [1.807, 2.05) is 42.6 Å². The Morgan fingerprint density at radius 1 is 1.26 bits per heavy atom. The van der Waals surface area contributed by atoms with Gasteiger partial charge in [0.15, 0.2) is 0 Å². The van der Waals surface area contributed by atoms with Crippen LogP contribution in [0.2, 0.25) is 0 Å². The number of nitrogen functional groups attached to an aromatic ring is 1. The number of hydrogen-bond donors (Lipinski definition) is 1. The second-order valence-electron chi connectivity index (χ2n) is 4.80. The molecule has 0 bridgehead atoms. The number of anilines is 1. The molecule has 3 aromatic rings. The van der Waals surface area contributed by atoms with Crippen LogP contribution < -0.4 is 10.5 Å². The van der Waals surface area contributed by atoms with Crippen LogP contribution in [0.5, 0.6) is 5.75 Å². The Morgan fingerprint density at radius 2 is 2.04 bits per heavy atom. The van der Waals surface area contributed by atoms with Crippen molar-refractivity contribution in [2.45, 2.75) is 6.92 Å². The zero-order chi connectivity index (χ0) is 16.2. The summed E-state index contributed by atoms with van der Waals surface area (Å²) in [5, 5.41) is 11.2. The number of pyridine rings is 1. The van der Waals surface area contributed by atoms with Crippen LogP contribution in [0, 0.1) is 11.3 Å². The van der Waals surface area contributed by atoms with Crippen LogP contribution in [0.15, 0.2) is 41.9 Å². The molecule has 0 fully saturated rings. The lowest BCUT2D eigenvalue weighted by Crippen LogP contribution is -1.99. The summed E-state index contributed by atoms with van der Waals surface area (Å²) in [6.07, 6.45) is 1.72. The molecule has 23 heavy (non-hydrogen) atoms. The number of benzene rings is 1. The molecule has 0 saturated carbocycles. The molecule has 0 atom stereocenters. The number of nitrogens with zero attached hydrogens (tertiary/aromatic N) is 3. The zero-order valence-corrected chi connectivity index (χ0v) is 13.3. The summed E-state index contributed by atoms with van der Waals surface area (Å²) in [4.78, 5) is 4.36. The normalized spacial score (nSPS) is 10.3. The van der Waals surface area contributed by atoms with Gasteiger partial charge in [0, 0.05) is 28.3 Å². The number of aromatic nitrogens is 2. The summed E-state index contributed by atoms with van der Waals surface area (Å²) in [5.41, 5.74) is 9.59. The van der Waals surface area contributed by atoms with Gasteiger partial charge >= 0.3 is 0 Å².